The highest BCUT2D eigenvalue weighted by Crippen LogP contribution is 2.32. The number of benzene rings is 1. The molecule has 0 N–H and O–H groups in total. The molecule has 1 aromatic heterocycles. The highest BCUT2D eigenvalue weighted by molar-refractivity contribution is 5.46. The molecule has 0 spiro atoms. The van der Waals surface area contributed by atoms with Crippen molar-refractivity contribution < 1.29 is 9.47 Å². The fourth-order valence-corrected chi connectivity index (χ4v) is 3.21. The van der Waals surface area contributed by atoms with Crippen LogP contribution in [0, 0.1) is 0 Å². The van der Waals surface area contributed by atoms with Gasteiger partial charge in [-0.05, 0) is 12.5 Å². The highest BCUT2D eigenvalue weighted by atomic mass is 16.5. The second-order valence-corrected chi connectivity index (χ2v) is 6.12. The first-order valence-corrected chi connectivity index (χ1v) is 8.51. The van der Waals surface area contributed by atoms with Crippen LogP contribution in [0.2, 0.25) is 0 Å². The van der Waals surface area contributed by atoms with Crippen LogP contribution in [0.3, 0.4) is 0 Å². The Bertz CT molecular complexity index is 703. The van der Waals surface area contributed by atoms with Gasteiger partial charge in [0, 0.05) is 55.5 Å². The van der Waals surface area contributed by atoms with E-state index in [2.05, 4.69) is 22.9 Å². The Morgan fingerprint density at radius 3 is 2.83 bits per heavy atom. The van der Waals surface area contributed by atoms with Gasteiger partial charge in [0.05, 0.1) is 14.2 Å². The van der Waals surface area contributed by atoms with E-state index in [1.54, 1.807) is 14.2 Å². The Labute approximate surface area is 143 Å². The van der Waals surface area contributed by atoms with Crippen LogP contribution < -0.4 is 9.47 Å². The minimum atomic E-state index is 0.778. The molecule has 128 valence electrons. The van der Waals surface area contributed by atoms with E-state index in [0.29, 0.717) is 0 Å². The summed E-state index contributed by atoms with van der Waals surface area (Å²) in [6.45, 7) is 4.86. The maximum Gasteiger partial charge on any atom is 0.165 e. The van der Waals surface area contributed by atoms with Crippen molar-refractivity contribution in [2.45, 2.75) is 39.3 Å². The van der Waals surface area contributed by atoms with Crippen molar-refractivity contribution in [3.8, 4) is 11.5 Å². The zero-order chi connectivity index (χ0) is 16.9. The number of rotatable bonds is 6. The van der Waals surface area contributed by atoms with E-state index in [4.69, 9.17) is 14.5 Å². The average molecular weight is 327 g/mol. The molecule has 5 heteroatoms. The van der Waals surface area contributed by atoms with E-state index in [9.17, 15) is 0 Å². The third kappa shape index (κ3) is 3.51. The van der Waals surface area contributed by atoms with E-state index in [1.165, 1.54) is 11.3 Å². The topological polar surface area (TPSA) is 47.5 Å². The number of aryl methyl sites for hydroxylation is 1. The zero-order valence-electron chi connectivity index (χ0n) is 14.7. The molecule has 2 aromatic rings. The summed E-state index contributed by atoms with van der Waals surface area (Å²) >= 11 is 0. The molecule has 1 aromatic carbocycles. The van der Waals surface area contributed by atoms with Gasteiger partial charge in [0.15, 0.2) is 11.5 Å². The summed E-state index contributed by atoms with van der Waals surface area (Å²) in [6.07, 6.45) is 5.02. The van der Waals surface area contributed by atoms with E-state index >= 15 is 0 Å². The molecule has 0 saturated heterocycles. The third-order valence-corrected chi connectivity index (χ3v) is 4.41. The molecule has 0 fully saturated rings. The minimum absolute atomic E-state index is 0.778. The van der Waals surface area contributed by atoms with Gasteiger partial charge in [-0.2, -0.15) is 0 Å². The fraction of sp³-hybridized carbons (Fsp3) is 0.474. The minimum Gasteiger partial charge on any atom is -0.493 e. The van der Waals surface area contributed by atoms with E-state index in [1.807, 2.05) is 18.3 Å². The lowest BCUT2D eigenvalue weighted by molar-refractivity contribution is 0.237. The van der Waals surface area contributed by atoms with Crippen LogP contribution in [0.5, 0.6) is 11.5 Å². The number of nitrogens with zero attached hydrogens (tertiary/aromatic N) is 3. The summed E-state index contributed by atoms with van der Waals surface area (Å²) in [5, 5.41) is 0. The first-order valence-electron chi connectivity index (χ1n) is 8.51. The predicted molar refractivity (Wildman–Crippen MR) is 93.4 cm³/mol. The number of hydrogen-bond acceptors (Lipinski definition) is 5. The molecule has 0 aliphatic carbocycles. The number of ether oxygens (including phenoxy) is 2. The smallest absolute Gasteiger partial charge is 0.165 e. The van der Waals surface area contributed by atoms with Crippen LogP contribution >= 0.6 is 0 Å². The molecular weight excluding hydrogens is 302 g/mol. The molecular formula is C19H25N3O2. The van der Waals surface area contributed by atoms with Crippen molar-refractivity contribution in [3.63, 3.8) is 0 Å². The summed E-state index contributed by atoms with van der Waals surface area (Å²) in [5.74, 6) is 2.57. The molecule has 2 heterocycles. The standard InChI is InChI=1S/C19H25N3O2/c1-4-6-18-20-11-15-13-22(10-9-16(15)21-18)12-14-7-5-8-17(23-2)19(14)24-3/h5,7-8,11H,4,6,9-10,12-13H2,1-3H3. The number of hydrogen-bond donors (Lipinski definition) is 0. The molecule has 0 radical (unpaired) electrons. The van der Waals surface area contributed by atoms with E-state index in [0.717, 1.165) is 61.8 Å². The largest absolute Gasteiger partial charge is 0.493 e. The number of fused-ring (bicyclic) bond motifs is 1. The Morgan fingerprint density at radius 2 is 2.08 bits per heavy atom. The molecule has 0 amide bonds. The van der Waals surface area contributed by atoms with Crippen molar-refractivity contribution in [1.82, 2.24) is 14.9 Å². The lowest BCUT2D eigenvalue weighted by atomic mass is 10.1. The highest BCUT2D eigenvalue weighted by Gasteiger charge is 2.20. The summed E-state index contributed by atoms with van der Waals surface area (Å²) in [6, 6.07) is 6.03. The average Bonchev–Trinajstić information content (AvgIpc) is 2.61. The molecule has 0 bridgehead atoms. The van der Waals surface area contributed by atoms with Gasteiger partial charge in [-0.3, -0.25) is 4.90 Å². The van der Waals surface area contributed by atoms with Gasteiger partial charge in [-0.25, -0.2) is 9.97 Å². The molecule has 0 saturated carbocycles. The second-order valence-electron chi connectivity index (χ2n) is 6.12. The van der Waals surface area contributed by atoms with E-state index in [-0.39, 0.29) is 0 Å². The van der Waals surface area contributed by atoms with Crippen molar-refractivity contribution in [1.29, 1.82) is 0 Å². The SMILES string of the molecule is CCCc1ncc2c(n1)CCN(Cc1cccc(OC)c1OC)C2. The second kappa shape index (κ2) is 7.62. The first-order chi connectivity index (χ1) is 11.7. The van der Waals surface area contributed by atoms with Gasteiger partial charge in [0.25, 0.3) is 0 Å². The molecule has 24 heavy (non-hydrogen) atoms. The van der Waals surface area contributed by atoms with Gasteiger partial charge in [0.2, 0.25) is 0 Å². The zero-order valence-corrected chi connectivity index (χ0v) is 14.7. The quantitative estimate of drug-likeness (QED) is 0.816. The van der Waals surface area contributed by atoms with Gasteiger partial charge in [-0.15, -0.1) is 0 Å². The Hall–Kier alpha value is -2.14. The number of para-hydroxylation sites is 1. The van der Waals surface area contributed by atoms with Crippen LogP contribution in [0.1, 0.15) is 36.0 Å². The van der Waals surface area contributed by atoms with Crippen LogP contribution in [-0.2, 0) is 25.9 Å². The Kier molecular flexibility index (Phi) is 5.30. The van der Waals surface area contributed by atoms with Crippen molar-refractivity contribution in [2.75, 3.05) is 20.8 Å². The lowest BCUT2D eigenvalue weighted by Gasteiger charge is -2.28. The first kappa shape index (κ1) is 16.7. The molecule has 0 unspecified atom stereocenters. The predicted octanol–water partition coefficient (Wildman–Crippen LogP) is 3.00. The normalized spacial score (nSPS) is 14.3. The maximum atomic E-state index is 5.54. The third-order valence-electron chi connectivity index (χ3n) is 4.41. The maximum absolute atomic E-state index is 5.54. The van der Waals surface area contributed by atoms with Crippen LogP contribution in [0.25, 0.3) is 0 Å². The van der Waals surface area contributed by atoms with Crippen molar-refractivity contribution in [2.24, 2.45) is 0 Å². The van der Waals surface area contributed by atoms with Crippen molar-refractivity contribution >= 4 is 0 Å². The van der Waals surface area contributed by atoms with Crippen LogP contribution in [-0.4, -0.2) is 35.6 Å². The Morgan fingerprint density at radius 1 is 1.21 bits per heavy atom. The van der Waals surface area contributed by atoms with Gasteiger partial charge in [-0.1, -0.05) is 19.1 Å². The molecule has 1 aliphatic heterocycles. The van der Waals surface area contributed by atoms with Gasteiger partial charge >= 0.3 is 0 Å². The van der Waals surface area contributed by atoms with Gasteiger partial charge < -0.3 is 9.47 Å². The van der Waals surface area contributed by atoms with Crippen LogP contribution in [0.4, 0.5) is 0 Å². The van der Waals surface area contributed by atoms with Crippen molar-refractivity contribution in [3.05, 3.63) is 47.0 Å². The number of methoxy groups -OCH3 is 2. The molecule has 3 rings (SSSR count). The molecule has 0 atom stereocenters. The van der Waals surface area contributed by atoms with Gasteiger partial charge in [0.1, 0.15) is 5.82 Å². The van der Waals surface area contributed by atoms with E-state index < -0.39 is 0 Å². The fourth-order valence-electron chi connectivity index (χ4n) is 3.21. The molecule has 1 aliphatic rings. The molecule has 5 nitrogen and oxygen atoms in total. The lowest BCUT2D eigenvalue weighted by Crippen LogP contribution is -2.31. The number of aromatic nitrogens is 2. The summed E-state index contributed by atoms with van der Waals surface area (Å²) in [7, 11) is 3.36. The summed E-state index contributed by atoms with van der Waals surface area (Å²) < 4.78 is 10.9. The monoisotopic (exact) mass is 327 g/mol. The van der Waals surface area contributed by atoms with Crippen LogP contribution in [0.15, 0.2) is 24.4 Å². The Balaban J connectivity index is 1.75. The summed E-state index contributed by atoms with van der Waals surface area (Å²) in [4.78, 5) is 11.6. The summed E-state index contributed by atoms with van der Waals surface area (Å²) in [5.41, 5.74) is 3.59.